The van der Waals surface area contributed by atoms with Gasteiger partial charge in [-0.15, -0.1) is 0 Å². The molecule has 0 unspecified atom stereocenters. The van der Waals surface area contributed by atoms with Crippen molar-refractivity contribution in [2.75, 3.05) is 6.54 Å². The van der Waals surface area contributed by atoms with Crippen molar-refractivity contribution in [2.45, 2.75) is 135 Å². The Morgan fingerprint density at radius 3 is 2.27 bits per heavy atom. The highest BCUT2D eigenvalue weighted by Crippen LogP contribution is 2.43. The fourth-order valence-electron chi connectivity index (χ4n) is 7.87. The largest absolute Gasteiger partial charge is 0.347 e. The minimum Gasteiger partial charge on any atom is -0.347 e. The van der Waals surface area contributed by atoms with Gasteiger partial charge in [-0.3, -0.25) is 33.8 Å². The van der Waals surface area contributed by atoms with Crippen LogP contribution in [0.2, 0.25) is 0 Å². The van der Waals surface area contributed by atoms with Gasteiger partial charge in [0.2, 0.25) is 23.5 Å². The minimum absolute atomic E-state index is 0.0132. The number of fused-ring (bicyclic) bond motifs is 1. The molecule has 4 N–H and O–H groups in total. The fraction of sp³-hybridized carbons (Fsp3) is 0.722. The SMILES string of the molecule is CCC[C@@H](NC(=O)[C@@H]1[C@H]2CCC[C@@H]2CN1C(=O)[C@@H](NC(=O)[C@H](NC(=O)c1cnccn1)C1CCCCC1)C(C)(C)C)C(=O)C(=O)NC1CC1. The highest BCUT2D eigenvalue weighted by atomic mass is 16.2. The molecule has 49 heavy (non-hydrogen) atoms. The second-order valence-corrected chi connectivity index (χ2v) is 15.5. The van der Waals surface area contributed by atoms with Crippen molar-refractivity contribution in [3.05, 3.63) is 24.3 Å². The number of carbonyl (C=O) groups is 6. The molecule has 1 aromatic rings. The highest BCUT2D eigenvalue weighted by Gasteiger charge is 2.52. The summed E-state index contributed by atoms with van der Waals surface area (Å²) in [6.07, 6.45) is 13.9. The van der Waals surface area contributed by atoms with Crippen molar-refractivity contribution < 1.29 is 28.8 Å². The molecule has 0 radical (unpaired) electrons. The Kier molecular flexibility index (Phi) is 11.7. The summed E-state index contributed by atoms with van der Waals surface area (Å²) in [5.74, 6) is -3.20. The summed E-state index contributed by atoms with van der Waals surface area (Å²) in [6.45, 7) is 7.85. The Morgan fingerprint density at radius 1 is 0.898 bits per heavy atom. The molecule has 4 fully saturated rings. The van der Waals surface area contributed by atoms with E-state index in [0.29, 0.717) is 19.4 Å². The van der Waals surface area contributed by atoms with Gasteiger partial charge in [0, 0.05) is 25.0 Å². The molecule has 1 aromatic heterocycles. The molecular formula is C36H53N7O6. The Bertz CT molecular complexity index is 1390. The van der Waals surface area contributed by atoms with Gasteiger partial charge in [-0.05, 0) is 68.1 Å². The number of hydrogen-bond acceptors (Lipinski definition) is 8. The summed E-state index contributed by atoms with van der Waals surface area (Å²) >= 11 is 0. The van der Waals surface area contributed by atoms with E-state index in [1.54, 1.807) is 4.90 Å². The molecular weight excluding hydrogens is 626 g/mol. The van der Waals surface area contributed by atoms with Crippen LogP contribution in [-0.4, -0.2) is 86.9 Å². The van der Waals surface area contributed by atoms with Crippen molar-refractivity contribution in [3.63, 3.8) is 0 Å². The van der Waals surface area contributed by atoms with E-state index in [4.69, 9.17) is 0 Å². The molecule has 0 bridgehead atoms. The lowest BCUT2D eigenvalue weighted by Crippen LogP contribution is -2.62. The topological polar surface area (TPSA) is 180 Å². The smallest absolute Gasteiger partial charge is 0.289 e. The van der Waals surface area contributed by atoms with E-state index in [1.807, 2.05) is 27.7 Å². The van der Waals surface area contributed by atoms with Crippen LogP contribution in [-0.2, 0) is 24.0 Å². The normalized spacial score (nSPS) is 24.2. The number of likely N-dealkylation sites (tertiary alicyclic amines) is 1. The van der Waals surface area contributed by atoms with Gasteiger partial charge in [-0.1, -0.05) is 59.8 Å². The maximum Gasteiger partial charge on any atom is 0.289 e. The average molecular weight is 680 g/mol. The number of carbonyl (C=O) groups excluding carboxylic acids is 6. The summed E-state index contributed by atoms with van der Waals surface area (Å²) in [5, 5.41) is 11.5. The van der Waals surface area contributed by atoms with Gasteiger partial charge in [0.25, 0.3) is 11.8 Å². The molecule has 13 nitrogen and oxygen atoms in total. The van der Waals surface area contributed by atoms with Crippen LogP contribution < -0.4 is 21.3 Å². The second kappa shape index (κ2) is 15.8. The van der Waals surface area contributed by atoms with E-state index < -0.39 is 59.0 Å². The lowest BCUT2D eigenvalue weighted by Gasteiger charge is -2.38. The van der Waals surface area contributed by atoms with Crippen LogP contribution in [0.4, 0.5) is 0 Å². The number of hydrogen-bond donors (Lipinski definition) is 4. The van der Waals surface area contributed by atoms with E-state index in [-0.39, 0.29) is 35.4 Å². The Hall–Kier alpha value is -3.90. The van der Waals surface area contributed by atoms with Crippen LogP contribution in [0.1, 0.15) is 115 Å². The van der Waals surface area contributed by atoms with Crippen LogP contribution in [0.25, 0.3) is 0 Å². The summed E-state index contributed by atoms with van der Waals surface area (Å²) in [7, 11) is 0. The third kappa shape index (κ3) is 8.83. The first kappa shape index (κ1) is 36.4. The zero-order valence-corrected chi connectivity index (χ0v) is 29.3. The Balaban J connectivity index is 1.36. The maximum atomic E-state index is 14.6. The number of ketones is 1. The van der Waals surface area contributed by atoms with Crippen LogP contribution in [0.5, 0.6) is 0 Å². The quantitative estimate of drug-likeness (QED) is 0.230. The molecule has 5 rings (SSSR count). The van der Waals surface area contributed by atoms with Crippen molar-refractivity contribution in [2.24, 2.45) is 23.2 Å². The second-order valence-electron chi connectivity index (χ2n) is 15.5. The van der Waals surface area contributed by atoms with E-state index >= 15 is 0 Å². The standard InChI is InChI=1S/C36H53N7O6/c1-5-10-25(29(44)34(48)39-23-15-16-23)40-33(47)28-24-14-9-13-22(24)20-43(28)35(49)30(36(2,3)4)42-32(46)27(21-11-7-6-8-12-21)41-31(45)26-19-37-17-18-38-26/h17-19,21-25,27-28,30H,5-16,20H2,1-4H3,(H,39,48)(H,40,47)(H,41,45)(H,42,46)/t22-,24+,25-,27-,28+,30-/m1/s1. The van der Waals surface area contributed by atoms with Crippen molar-refractivity contribution in [1.29, 1.82) is 0 Å². The van der Waals surface area contributed by atoms with Crippen molar-refractivity contribution in [1.82, 2.24) is 36.1 Å². The first-order valence-electron chi connectivity index (χ1n) is 18.2. The monoisotopic (exact) mass is 679 g/mol. The third-order valence-corrected chi connectivity index (χ3v) is 10.7. The molecule has 4 aliphatic rings. The van der Waals surface area contributed by atoms with Gasteiger partial charge in [0.1, 0.15) is 23.8 Å². The minimum atomic E-state index is -0.994. The zero-order chi connectivity index (χ0) is 35.3. The van der Waals surface area contributed by atoms with Crippen LogP contribution in [0, 0.1) is 23.2 Å². The lowest BCUT2D eigenvalue weighted by molar-refractivity contribution is -0.146. The van der Waals surface area contributed by atoms with Crippen LogP contribution in [0.3, 0.4) is 0 Å². The molecule has 1 aliphatic heterocycles. The Labute approximate surface area is 288 Å². The van der Waals surface area contributed by atoms with Crippen molar-refractivity contribution in [3.8, 4) is 0 Å². The van der Waals surface area contributed by atoms with Gasteiger partial charge in [0.05, 0.1) is 12.2 Å². The molecule has 0 spiro atoms. The number of rotatable bonds is 13. The molecule has 5 amide bonds. The predicted molar refractivity (Wildman–Crippen MR) is 181 cm³/mol. The summed E-state index contributed by atoms with van der Waals surface area (Å²) in [4.78, 5) is 91.4. The maximum absolute atomic E-state index is 14.6. The van der Waals surface area contributed by atoms with Crippen molar-refractivity contribution >= 4 is 35.3 Å². The zero-order valence-electron chi connectivity index (χ0n) is 29.3. The highest BCUT2D eigenvalue weighted by molar-refractivity contribution is 6.38. The Morgan fingerprint density at radius 2 is 1.63 bits per heavy atom. The fourth-order valence-corrected chi connectivity index (χ4v) is 7.87. The summed E-state index contributed by atoms with van der Waals surface area (Å²) in [6, 6.07) is -3.68. The molecule has 1 saturated heterocycles. The predicted octanol–water partition coefficient (Wildman–Crippen LogP) is 2.45. The van der Waals surface area contributed by atoms with Crippen LogP contribution in [0.15, 0.2) is 18.6 Å². The van der Waals surface area contributed by atoms with Gasteiger partial charge >= 0.3 is 0 Å². The van der Waals surface area contributed by atoms with Gasteiger partial charge in [-0.25, -0.2) is 4.98 Å². The van der Waals surface area contributed by atoms with Gasteiger partial charge in [-0.2, -0.15) is 0 Å². The molecule has 13 heteroatoms. The van der Waals surface area contributed by atoms with Crippen LogP contribution >= 0.6 is 0 Å². The lowest BCUT2D eigenvalue weighted by atomic mass is 9.82. The summed E-state index contributed by atoms with van der Waals surface area (Å²) < 4.78 is 0. The molecule has 0 aromatic carbocycles. The number of Topliss-reactive ketones (excluding diaryl/α,β-unsaturated/α-hetero) is 1. The van der Waals surface area contributed by atoms with E-state index in [2.05, 4.69) is 31.2 Å². The number of amides is 5. The molecule has 2 heterocycles. The molecule has 268 valence electrons. The average Bonchev–Trinajstić information content (AvgIpc) is 3.65. The number of nitrogens with zero attached hydrogens (tertiary/aromatic N) is 3. The van der Waals surface area contributed by atoms with E-state index in [1.165, 1.54) is 18.6 Å². The number of aromatic nitrogens is 2. The van der Waals surface area contributed by atoms with E-state index in [0.717, 1.165) is 64.2 Å². The molecule has 6 atom stereocenters. The number of nitrogens with one attached hydrogen (secondary N) is 4. The van der Waals surface area contributed by atoms with Gasteiger partial charge in [0.15, 0.2) is 0 Å². The molecule has 3 saturated carbocycles. The molecule has 3 aliphatic carbocycles. The summed E-state index contributed by atoms with van der Waals surface area (Å²) in [5.41, 5.74) is -0.638. The first-order chi connectivity index (χ1) is 23.4. The van der Waals surface area contributed by atoms with Gasteiger partial charge < -0.3 is 26.2 Å². The third-order valence-electron chi connectivity index (χ3n) is 10.7. The van der Waals surface area contributed by atoms with E-state index in [9.17, 15) is 28.8 Å². The first-order valence-corrected chi connectivity index (χ1v) is 18.2.